The highest BCUT2D eigenvalue weighted by molar-refractivity contribution is 9.10. The summed E-state index contributed by atoms with van der Waals surface area (Å²) in [6.07, 6.45) is 1.53. The lowest BCUT2D eigenvalue weighted by Crippen LogP contribution is -2.19. The number of nitrogens with zero attached hydrogens (tertiary/aromatic N) is 1. The van der Waals surface area contributed by atoms with Crippen molar-refractivity contribution in [1.29, 1.82) is 0 Å². The number of carbonyl (C=O) groups is 1. The zero-order valence-electron chi connectivity index (χ0n) is 13.1. The van der Waals surface area contributed by atoms with Crippen LogP contribution in [0.2, 0.25) is 0 Å². The van der Waals surface area contributed by atoms with E-state index in [1.165, 1.54) is 23.9 Å². The van der Waals surface area contributed by atoms with E-state index in [0.29, 0.717) is 20.1 Å². The second-order valence-corrected chi connectivity index (χ2v) is 7.38. The third-order valence-electron chi connectivity index (χ3n) is 3.47. The van der Waals surface area contributed by atoms with Gasteiger partial charge in [-0.25, -0.2) is 9.38 Å². The van der Waals surface area contributed by atoms with E-state index in [1.807, 2.05) is 32.0 Å². The molecule has 0 saturated carbocycles. The van der Waals surface area contributed by atoms with Crippen molar-refractivity contribution in [3.8, 4) is 0 Å². The molecule has 0 aromatic heterocycles. The highest BCUT2D eigenvalue weighted by atomic mass is 79.9. The van der Waals surface area contributed by atoms with Crippen molar-refractivity contribution < 1.29 is 9.18 Å². The highest BCUT2D eigenvalue weighted by Gasteiger charge is 2.24. The first-order valence-electron chi connectivity index (χ1n) is 7.24. The van der Waals surface area contributed by atoms with Gasteiger partial charge in [-0.15, -0.1) is 0 Å². The topological polar surface area (TPSA) is 41.5 Å². The quantitative estimate of drug-likeness (QED) is 0.707. The Bertz CT molecular complexity index is 893. The molecule has 1 aliphatic rings. The van der Waals surface area contributed by atoms with Crippen LogP contribution in [0.4, 0.5) is 10.1 Å². The lowest BCUT2D eigenvalue weighted by atomic mass is 10.1. The Kier molecular flexibility index (Phi) is 4.87. The summed E-state index contributed by atoms with van der Waals surface area (Å²) in [5.41, 5.74) is 3.36. The maximum Gasteiger partial charge on any atom is 0.264 e. The number of hydrogen-bond donors (Lipinski definition) is 1. The maximum atomic E-state index is 13.9. The molecule has 2 aromatic carbocycles. The second-order valence-electron chi connectivity index (χ2n) is 5.44. The van der Waals surface area contributed by atoms with Crippen LogP contribution in [0.15, 0.2) is 50.8 Å². The molecule has 1 N–H and O–H groups in total. The minimum atomic E-state index is -0.384. The summed E-state index contributed by atoms with van der Waals surface area (Å²) in [5.74, 6) is -0.657. The van der Waals surface area contributed by atoms with Gasteiger partial charge in [0.2, 0.25) is 0 Å². The molecule has 3 nitrogen and oxygen atoms in total. The molecule has 1 saturated heterocycles. The molecule has 0 spiro atoms. The van der Waals surface area contributed by atoms with E-state index in [0.717, 1.165) is 16.8 Å². The predicted molar refractivity (Wildman–Crippen MR) is 101 cm³/mol. The Hall–Kier alpha value is -1.92. The number of rotatable bonds is 2. The molecule has 0 radical (unpaired) electrons. The van der Waals surface area contributed by atoms with Gasteiger partial charge >= 0.3 is 0 Å². The van der Waals surface area contributed by atoms with Gasteiger partial charge in [-0.05, 0) is 55.4 Å². The summed E-state index contributed by atoms with van der Waals surface area (Å²) in [6.45, 7) is 3.99. The van der Waals surface area contributed by atoms with E-state index < -0.39 is 0 Å². The van der Waals surface area contributed by atoms with Crippen molar-refractivity contribution in [2.45, 2.75) is 13.8 Å². The van der Waals surface area contributed by atoms with Crippen molar-refractivity contribution in [3.63, 3.8) is 0 Å². The smallest absolute Gasteiger partial charge is 0.264 e. The van der Waals surface area contributed by atoms with E-state index in [4.69, 9.17) is 0 Å². The SMILES string of the molecule is Cc1ccc(N=C2NC(=O)/C(=C\c3ccc(Br)cc3F)S2)c(C)c1. The summed E-state index contributed by atoms with van der Waals surface area (Å²) in [5, 5.41) is 3.22. The first-order chi connectivity index (χ1) is 11.4. The fourth-order valence-corrected chi connectivity index (χ4v) is 3.44. The lowest BCUT2D eigenvalue weighted by molar-refractivity contribution is -0.115. The third-order valence-corrected chi connectivity index (χ3v) is 4.88. The van der Waals surface area contributed by atoms with Crippen LogP contribution in [-0.4, -0.2) is 11.1 Å². The minimum Gasteiger partial charge on any atom is -0.300 e. The molecule has 0 unspecified atom stereocenters. The number of aryl methyl sites for hydroxylation is 2. The van der Waals surface area contributed by atoms with Crippen molar-refractivity contribution in [1.82, 2.24) is 5.32 Å². The van der Waals surface area contributed by atoms with Crippen LogP contribution in [0.1, 0.15) is 16.7 Å². The summed E-state index contributed by atoms with van der Waals surface area (Å²) in [4.78, 5) is 17.0. The molecular formula is C18H14BrFN2OS. The molecule has 1 aliphatic heterocycles. The fourth-order valence-electron chi connectivity index (χ4n) is 2.28. The molecule has 24 heavy (non-hydrogen) atoms. The van der Waals surface area contributed by atoms with Crippen molar-refractivity contribution in [2.24, 2.45) is 4.99 Å². The third kappa shape index (κ3) is 3.76. The van der Waals surface area contributed by atoms with Crippen LogP contribution in [-0.2, 0) is 4.79 Å². The minimum absolute atomic E-state index is 0.272. The predicted octanol–water partition coefficient (Wildman–Crippen LogP) is 5.10. The van der Waals surface area contributed by atoms with Gasteiger partial charge in [0, 0.05) is 10.0 Å². The molecule has 1 heterocycles. The van der Waals surface area contributed by atoms with Gasteiger partial charge in [0.15, 0.2) is 5.17 Å². The molecule has 2 aromatic rings. The number of carbonyl (C=O) groups excluding carboxylic acids is 1. The van der Waals surface area contributed by atoms with E-state index in [2.05, 4.69) is 26.2 Å². The molecule has 122 valence electrons. The molecule has 0 aliphatic carbocycles. The normalized spacial score (nSPS) is 17.6. The van der Waals surface area contributed by atoms with Crippen molar-refractivity contribution >= 4 is 50.5 Å². The zero-order valence-corrected chi connectivity index (χ0v) is 15.5. The fraction of sp³-hybridized carbons (Fsp3) is 0.111. The molecule has 0 atom stereocenters. The highest BCUT2D eigenvalue weighted by Crippen LogP contribution is 2.30. The van der Waals surface area contributed by atoms with Crippen LogP contribution >= 0.6 is 27.7 Å². The molecule has 0 bridgehead atoms. The first-order valence-corrected chi connectivity index (χ1v) is 8.85. The van der Waals surface area contributed by atoms with Gasteiger partial charge in [0.05, 0.1) is 10.6 Å². The Morgan fingerprint density at radius 3 is 2.71 bits per heavy atom. The number of nitrogens with one attached hydrogen (secondary N) is 1. The average molecular weight is 405 g/mol. The van der Waals surface area contributed by atoms with Gasteiger partial charge in [-0.2, -0.15) is 0 Å². The van der Waals surface area contributed by atoms with E-state index in [9.17, 15) is 9.18 Å². The van der Waals surface area contributed by atoms with Crippen LogP contribution in [0.3, 0.4) is 0 Å². The standard InChI is InChI=1S/C18H14BrFN2OS/c1-10-3-6-15(11(2)7-10)21-18-22-17(23)16(24-18)8-12-4-5-13(19)9-14(12)20/h3-9H,1-2H3,(H,21,22,23)/b16-8+. The monoisotopic (exact) mass is 404 g/mol. The van der Waals surface area contributed by atoms with Gasteiger partial charge in [-0.1, -0.05) is 39.7 Å². The van der Waals surface area contributed by atoms with Gasteiger partial charge in [-0.3, -0.25) is 4.79 Å². The van der Waals surface area contributed by atoms with Crippen LogP contribution in [0, 0.1) is 19.7 Å². The van der Waals surface area contributed by atoms with E-state index in [1.54, 1.807) is 12.1 Å². The van der Waals surface area contributed by atoms with Crippen molar-refractivity contribution in [3.05, 3.63) is 68.3 Å². The summed E-state index contributed by atoms with van der Waals surface area (Å²) in [7, 11) is 0. The Morgan fingerprint density at radius 1 is 1.21 bits per heavy atom. The van der Waals surface area contributed by atoms with Crippen LogP contribution in [0.5, 0.6) is 0 Å². The Balaban J connectivity index is 1.88. The number of aliphatic imine (C=N–C) groups is 1. The van der Waals surface area contributed by atoms with Crippen LogP contribution in [0.25, 0.3) is 6.08 Å². The number of halogens is 2. The number of benzene rings is 2. The first kappa shape index (κ1) is 16.9. The molecule has 1 amide bonds. The molecule has 1 fully saturated rings. The number of amides is 1. The summed E-state index contributed by atoms with van der Waals surface area (Å²) < 4.78 is 14.6. The van der Waals surface area contributed by atoms with Gasteiger partial charge in [0.25, 0.3) is 5.91 Å². The van der Waals surface area contributed by atoms with Gasteiger partial charge in [0.1, 0.15) is 5.82 Å². The maximum absolute atomic E-state index is 13.9. The largest absolute Gasteiger partial charge is 0.300 e. The number of amidine groups is 1. The molecule has 3 rings (SSSR count). The van der Waals surface area contributed by atoms with Gasteiger partial charge < -0.3 is 5.32 Å². The Morgan fingerprint density at radius 2 is 2.00 bits per heavy atom. The molecule has 6 heteroatoms. The second kappa shape index (κ2) is 6.91. The Labute approximate surface area is 152 Å². The summed E-state index contributed by atoms with van der Waals surface area (Å²) >= 11 is 4.42. The molecular weight excluding hydrogens is 391 g/mol. The zero-order chi connectivity index (χ0) is 17.3. The number of hydrogen-bond acceptors (Lipinski definition) is 3. The summed E-state index contributed by atoms with van der Waals surface area (Å²) in [6, 6.07) is 10.7. The van der Waals surface area contributed by atoms with Crippen molar-refractivity contribution in [2.75, 3.05) is 0 Å². The van der Waals surface area contributed by atoms with E-state index >= 15 is 0 Å². The van der Waals surface area contributed by atoms with Crippen LogP contribution < -0.4 is 5.32 Å². The van der Waals surface area contributed by atoms with E-state index in [-0.39, 0.29) is 11.7 Å². The number of thioether (sulfide) groups is 1. The lowest BCUT2D eigenvalue weighted by Gasteiger charge is -2.02. The average Bonchev–Trinajstić information content (AvgIpc) is 2.85.